The van der Waals surface area contributed by atoms with Gasteiger partial charge in [-0.15, -0.1) is 0 Å². The van der Waals surface area contributed by atoms with Gasteiger partial charge in [-0.05, 0) is 24.3 Å². The Morgan fingerprint density at radius 1 is 0.950 bits per heavy atom. The van der Waals surface area contributed by atoms with Crippen molar-refractivity contribution in [3.05, 3.63) is 70.8 Å². The van der Waals surface area contributed by atoms with Crippen LogP contribution in [0.4, 0.5) is 22.0 Å². The van der Waals surface area contributed by atoms with Crippen LogP contribution in [0, 0.1) is 11.6 Å². The van der Waals surface area contributed by atoms with Crippen molar-refractivity contribution in [2.24, 2.45) is 0 Å². The minimum absolute atomic E-state index is 0.315. The van der Waals surface area contributed by atoms with E-state index in [1.807, 2.05) is 0 Å². The third-order valence-corrected chi connectivity index (χ3v) is 2.63. The molecule has 2 aromatic rings. The van der Waals surface area contributed by atoms with Gasteiger partial charge in [-0.25, -0.2) is 8.78 Å². The summed E-state index contributed by atoms with van der Waals surface area (Å²) in [6, 6.07) is 5.89. The topological polar surface area (TPSA) is 17.1 Å². The molecule has 0 heterocycles. The van der Waals surface area contributed by atoms with Crippen molar-refractivity contribution in [2.45, 2.75) is 6.18 Å². The lowest BCUT2D eigenvalue weighted by molar-refractivity contribution is -0.137. The zero-order chi connectivity index (χ0) is 14.9. The number of alkyl halides is 3. The summed E-state index contributed by atoms with van der Waals surface area (Å²) >= 11 is 0. The van der Waals surface area contributed by atoms with E-state index in [9.17, 15) is 26.7 Å². The lowest BCUT2D eigenvalue weighted by atomic mass is 10.0. The van der Waals surface area contributed by atoms with E-state index in [-0.39, 0.29) is 5.56 Å². The van der Waals surface area contributed by atoms with Crippen molar-refractivity contribution in [3.8, 4) is 0 Å². The van der Waals surface area contributed by atoms with Crippen molar-refractivity contribution in [3.63, 3.8) is 0 Å². The quantitative estimate of drug-likeness (QED) is 0.597. The summed E-state index contributed by atoms with van der Waals surface area (Å²) in [5.74, 6) is -2.93. The van der Waals surface area contributed by atoms with E-state index in [0.717, 1.165) is 30.3 Å². The number of hydrogen-bond acceptors (Lipinski definition) is 1. The molecule has 0 spiro atoms. The van der Waals surface area contributed by atoms with Gasteiger partial charge in [0, 0.05) is 11.6 Å². The summed E-state index contributed by atoms with van der Waals surface area (Å²) in [6.45, 7) is 0. The second-order valence-electron chi connectivity index (χ2n) is 4.03. The molecule has 0 radical (unpaired) electrons. The second-order valence-corrected chi connectivity index (χ2v) is 4.03. The fourth-order valence-electron chi connectivity index (χ4n) is 1.67. The second kappa shape index (κ2) is 5.03. The molecule has 0 unspecified atom stereocenters. The Morgan fingerprint density at radius 3 is 2.25 bits per heavy atom. The molecule has 0 N–H and O–H groups in total. The summed E-state index contributed by atoms with van der Waals surface area (Å²) in [4.78, 5) is 11.9. The van der Waals surface area contributed by atoms with Gasteiger partial charge in [-0.1, -0.05) is 12.1 Å². The zero-order valence-electron chi connectivity index (χ0n) is 9.84. The summed E-state index contributed by atoms with van der Waals surface area (Å²) < 4.78 is 63.8. The molecule has 0 aliphatic heterocycles. The van der Waals surface area contributed by atoms with Crippen LogP contribution in [0.15, 0.2) is 42.5 Å². The lowest BCUT2D eigenvalue weighted by Gasteiger charge is -2.08. The first-order valence-corrected chi connectivity index (χ1v) is 5.46. The number of benzene rings is 2. The standard InChI is InChI=1S/C14H7F5O/c15-10-4-5-11(12(16)7-10)13(20)8-2-1-3-9(6-8)14(17,18)19/h1-7H. The molecule has 0 saturated heterocycles. The summed E-state index contributed by atoms with van der Waals surface area (Å²) in [6.07, 6.45) is -4.60. The van der Waals surface area contributed by atoms with Crippen LogP contribution in [0.5, 0.6) is 0 Å². The number of rotatable bonds is 2. The molecular formula is C14H7F5O. The van der Waals surface area contributed by atoms with E-state index >= 15 is 0 Å². The third-order valence-electron chi connectivity index (χ3n) is 2.63. The van der Waals surface area contributed by atoms with E-state index in [1.165, 1.54) is 0 Å². The minimum Gasteiger partial charge on any atom is -0.288 e. The number of carbonyl (C=O) groups is 1. The maximum atomic E-state index is 13.4. The van der Waals surface area contributed by atoms with Crippen LogP contribution in [-0.4, -0.2) is 5.78 Å². The molecule has 0 atom stereocenters. The third kappa shape index (κ3) is 2.84. The van der Waals surface area contributed by atoms with Gasteiger partial charge in [0.1, 0.15) is 11.6 Å². The van der Waals surface area contributed by atoms with Crippen LogP contribution in [-0.2, 0) is 6.18 Å². The molecule has 1 nitrogen and oxygen atoms in total. The molecule has 0 aliphatic rings. The summed E-state index contributed by atoms with van der Waals surface area (Å²) in [7, 11) is 0. The molecule has 0 bridgehead atoms. The van der Waals surface area contributed by atoms with Gasteiger partial charge in [0.15, 0.2) is 5.78 Å². The number of ketones is 1. The first kappa shape index (κ1) is 14.2. The monoisotopic (exact) mass is 286 g/mol. The van der Waals surface area contributed by atoms with Gasteiger partial charge in [0.25, 0.3) is 0 Å². The number of halogens is 5. The van der Waals surface area contributed by atoms with Crippen LogP contribution >= 0.6 is 0 Å². The van der Waals surface area contributed by atoms with E-state index < -0.39 is 34.7 Å². The molecule has 0 saturated carbocycles. The maximum Gasteiger partial charge on any atom is 0.416 e. The van der Waals surface area contributed by atoms with Crippen molar-refractivity contribution in [1.29, 1.82) is 0 Å². The van der Waals surface area contributed by atoms with Gasteiger partial charge in [-0.3, -0.25) is 4.79 Å². The molecule has 0 amide bonds. The molecule has 104 valence electrons. The predicted octanol–water partition coefficient (Wildman–Crippen LogP) is 4.21. The Labute approximate surface area is 110 Å². The lowest BCUT2D eigenvalue weighted by Crippen LogP contribution is -2.09. The van der Waals surface area contributed by atoms with Crippen LogP contribution in [0.2, 0.25) is 0 Å². The first-order chi connectivity index (χ1) is 9.29. The van der Waals surface area contributed by atoms with E-state index in [0.29, 0.717) is 12.1 Å². The van der Waals surface area contributed by atoms with Crippen molar-refractivity contribution in [1.82, 2.24) is 0 Å². The minimum atomic E-state index is -4.60. The summed E-state index contributed by atoms with van der Waals surface area (Å²) in [5, 5.41) is 0. The van der Waals surface area contributed by atoms with E-state index in [2.05, 4.69) is 0 Å². The largest absolute Gasteiger partial charge is 0.416 e. The van der Waals surface area contributed by atoms with Gasteiger partial charge >= 0.3 is 6.18 Å². The molecule has 0 aromatic heterocycles. The normalized spacial score (nSPS) is 11.4. The molecule has 0 aliphatic carbocycles. The van der Waals surface area contributed by atoms with Crippen molar-refractivity contribution < 1.29 is 26.7 Å². The summed E-state index contributed by atoms with van der Waals surface area (Å²) in [5.41, 5.74) is -1.80. The SMILES string of the molecule is O=C(c1cccc(C(F)(F)F)c1)c1ccc(F)cc1F. The van der Waals surface area contributed by atoms with Gasteiger partial charge in [0.05, 0.1) is 11.1 Å². The number of carbonyl (C=O) groups excluding carboxylic acids is 1. The average molecular weight is 286 g/mol. The van der Waals surface area contributed by atoms with E-state index in [4.69, 9.17) is 0 Å². The Balaban J connectivity index is 2.44. The smallest absolute Gasteiger partial charge is 0.288 e. The van der Waals surface area contributed by atoms with Crippen molar-refractivity contribution in [2.75, 3.05) is 0 Å². The van der Waals surface area contributed by atoms with Crippen LogP contribution in [0.3, 0.4) is 0 Å². The van der Waals surface area contributed by atoms with Crippen LogP contribution in [0.1, 0.15) is 21.5 Å². The average Bonchev–Trinajstić information content (AvgIpc) is 2.37. The van der Waals surface area contributed by atoms with E-state index in [1.54, 1.807) is 0 Å². The highest BCUT2D eigenvalue weighted by Crippen LogP contribution is 2.30. The number of hydrogen-bond donors (Lipinski definition) is 0. The highest BCUT2D eigenvalue weighted by atomic mass is 19.4. The fraction of sp³-hybridized carbons (Fsp3) is 0.0714. The predicted molar refractivity (Wildman–Crippen MR) is 61.2 cm³/mol. The van der Waals surface area contributed by atoms with Crippen LogP contribution < -0.4 is 0 Å². The molecule has 0 fully saturated rings. The molecule has 2 rings (SSSR count). The zero-order valence-corrected chi connectivity index (χ0v) is 9.84. The van der Waals surface area contributed by atoms with Gasteiger partial charge in [0.2, 0.25) is 0 Å². The molecule has 20 heavy (non-hydrogen) atoms. The highest BCUT2D eigenvalue weighted by molar-refractivity contribution is 6.09. The van der Waals surface area contributed by atoms with Crippen molar-refractivity contribution >= 4 is 5.78 Å². The fourth-order valence-corrected chi connectivity index (χ4v) is 1.67. The first-order valence-electron chi connectivity index (χ1n) is 5.46. The molecular weight excluding hydrogens is 279 g/mol. The maximum absolute atomic E-state index is 13.4. The Morgan fingerprint density at radius 2 is 1.65 bits per heavy atom. The van der Waals surface area contributed by atoms with Crippen LogP contribution in [0.25, 0.3) is 0 Å². The Hall–Kier alpha value is -2.24. The Bertz CT molecular complexity index is 661. The van der Waals surface area contributed by atoms with Gasteiger partial charge in [-0.2, -0.15) is 13.2 Å². The molecule has 2 aromatic carbocycles. The highest BCUT2D eigenvalue weighted by Gasteiger charge is 2.31. The Kier molecular flexibility index (Phi) is 3.57. The van der Waals surface area contributed by atoms with Gasteiger partial charge < -0.3 is 0 Å². The molecule has 6 heteroatoms.